The number of aryl methyl sites for hydroxylation is 2. The third kappa shape index (κ3) is 6.69. The molecule has 0 bridgehead atoms. The van der Waals surface area contributed by atoms with Gasteiger partial charge < -0.3 is 0 Å². The molecule has 2 unspecified atom stereocenters. The molecule has 0 N–H and O–H groups in total. The average Bonchev–Trinajstić information content (AvgIpc) is 3.62. The van der Waals surface area contributed by atoms with Crippen LogP contribution in [0.15, 0.2) is 83.9 Å². The van der Waals surface area contributed by atoms with Crippen LogP contribution in [0.4, 0.5) is 0 Å². The molecular weight excluding hydrogens is 767 g/mol. The van der Waals surface area contributed by atoms with Gasteiger partial charge >= 0.3 is 327 Å². The molecule has 275 valence electrons. The van der Waals surface area contributed by atoms with Crippen molar-refractivity contribution in [1.82, 2.24) is 0 Å². The molecule has 0 amide bonds. The molecule has 0 heterocycles. The van der Waals surface area contributed by atoms with E-state index in [0.717, 1.165) is 12.8 Å². The summed E-state index contributed by atoms with van der Waals surface area (Å²) >= 11 is -4.98. The summed E-state index contributed by atoms with van der Waals surface area (Å²) in [4.78, 5) is 0. The van der Waals surface area contributed by atoms with E-state index in [4.69, 9.17) is 17.0 Å². The molecule has 0 nitrogen and oxygen atoms in total. The van der Waals surface area contributed by atoms with Crippen molar-refractivity contribution in [3.8, 4) is 22.3 Å². The van der Waals surface area contributed by atoms with E-state index in [2.05, 4.69) is 167 Å². The number of rotatable bonds is 11. The zero-order valence-electron chi connectivity index (χ0n) is 33.8. The second kappa shape index (κ2) is 14.9. The Balaban J connectivity index is 1.67. The van der Waals surface area contributed by atoms with E-state index >= 15 is 0 Å². The number of fused-ring (bicyclic) bond motifs is 2. The van der Waals surface area contributed by atoms with Gasteiger partial charge in [0.05, 0.1) is 0 Å². The molecule has 0 radical (unpaired) electrons. The van der Waals surface area contributed by atoms with Crippen LogP contribution < -0.4 is 0 Å². The van der Waals surface area contributed by atoms with Crippen molar-refractivity contribution >= 4 is 35.1 Å². The third-order valence-corrected chi connectivity index (χ3v) is 64.0. The van der Waals surface area contributed by atoms with Gasteiger partial charge in [-0.3, -0.25) is 0 Å². The average molecular weight is 828 g/mol. The Morgan fingerprint density at radius 1 is 0.558 bits per heavy atom. The first-order chi connectivity index (χ1) is 24.5. The maximum absolute atomic E-state index is 8.95. The van der Waals surface area contributed by atoms with E-state index in [1.165, 1.54) is 77.9 Å². The standard InChI is InChI=1S/2C23H27.C2H7Si.2ClH.Zr/c2*1-15(2)12-18-13-19-11-10-17(5)23(22(19)14-18)21-9-7-6-8-20(21)16(3)4;1-3-2;;;/h2*6-11,13-16H,12H2,1-5H3;3H,1-2H3;2*1H;/q;;;;;+2/p-2. The molecule has 2 aliphatic carbocycles. The Kier molecular flexibility index (Phi) is 11.4. The predicted molar refractivity (Wildman–Crippen MR) is 232 cm³/mol. The molecule has 4 aromatic rings. The van der Waals surface area contributed by atoms with E-state index in [0.29, 0.717) is 23.7 Å². The normalized spacial score (nSPS) is 17.9. The molecule has 0 fully saturated rings. The Bertz CT molecular complexity index is 1920. The van der Waals surface area contributed by atoms with Gasteiger partial charge in [-0.2, -0.15) is 0 Å². The Morgan fingerprint density at radius 2 is 0.923 bits per heavy atom. The number of hydrogen-bond acceptors (Lipinski definition) is 0. The van der Waals surface area contributed by atoms with Crippen LogP contribution in [-0.4, -0.2) is 5.92 Å². The van der Waals surface area contributed by atoms with Gasteiger partial charge in [0.15, 0.2) is 0 Å². The first kappa shape index (κ1) is 39.7. The fourth-order valence-electron chi connectivity index (χ4n) is 9.84. The molecule has 0 aromatic heterocycles. The van der Waals surface area contributed by atoms with Crippen LogP contribution in [0.2, 0.25) is 13.1 Å². The quantitative estimate of drug-likeness (QED) is 0.132. The molecule has 0 saturated heterocycles. The first-order valence-corrected chi connectivity index (χ1v) is 36.2. The van der Waals surface area contributed by atoms with Crippen LogP contribution in [0, 0.1) is 25.7 Å². The van der Waals surface area contributed by atoms with E-state index < -0.39 is 21.5 Å². The molecule has 2 aliphatic rings. The molecule has 52 heavy (non-hydrogen) atoms. The Hall–Kier alpha value is -1.96. The SMILES string of the molecule is Cc1ccc2c(c1-c1ccccc1C(C)C)C=C(CC(C)C)[CH]2[Zr]([Cl])([Cl])([CH]1C(CC(C)C)=Cc2c1ccc(C)c2-c1ccccc1C(C)C)[SiH](C)C. The summed E-state index contributed by atoms with van der Waals surface area (Å²) in [5.41, 5.74) is 19.4. The van der Waals surface area contributed by atoms with Gasteiger partial charge in [-0.05, 0) is 0 Å². The topological polar surface area (TPSA) is 0 Å². The van der Waals surface area contributed by atoms with Crippen LogP contribution in [0.25, 0.3) is 34.4 Å². The molecule has 4 heteroatoms. The first-order valence-electron chi connectivity index (χ1n) is 19.9. The summed E-state index contributed by atoms with van der Waals surface area (Å²) in [5.74, 6) is 0.146. The van der Waals surface area contributed by atoms with E-state index in [1.807, 2.05) is 0 Å². The zero-order chi connectivity index (χ0) is 37.9. The van der Waals surface area contributed by atoms with Crippen molar-refractivity contribution in [1.29, 1.82) is 0 Å². The van der Waals surface area contributed by atoms with E-state index in [9.17, 15) is 0 Å². The molecule has 6 rings (SSSR count). The van der Waals surface area contributed by atoms with Crippen molar-refractivity contribution in [3.05, 3.63) is 128 Å². The van der Waals surface area contributed by atoms with Gasteiger partial charge in [0, 0.05) is 0 Å². The van der Waals surface area contributed by atoms with Gasteiger partial charge in [0.1, 0.15) is 0 Å². The summed E-state index contributed by atoms with van der Waals surface area (Å²) in [5, 5.41) is 0. The molecular formula is C48H61Cl2SiZr. The Morgan fingerprint density at radius 3 is 1.25 bits per heavy atom. The summed E-state index contributed by atoms with van der Waals surface area (Å²) in [7, 11) is 17.9. The van der Waals surface area contributed by atoms with E-state index in [-0.39, 0.29) is 7.25 Å². The Labute approximate surface area is 324 Å². The third-order valence-electron chi connectivity index (χ3n) is 12.2. The fraction of sp³-hybridized carbons (Fsp3) is 0.417. The van der Waals surface area contributed by atoms with Crippen LogP contribution in [0.1, 0.15) is 132 Å². The van der Waals surface area contributed by atoms with Crippen LogP contribution in [0.5, 0.6) is 0 Å². The number of halogens is 2. The van der Waals surface area contributed by atoms with Crippen LogP contribution in [0.3, 0.4) is 0 Å². The molecule has 0 saturated carbocycles. The van der Waals surface area contributed by atoms with E-state index in [1.54, 1.807) is 0 Å². The summed E-state index contributed by atoms with van der Waals surface area (Å²) < 4.78 is 0.164. The van der Waals surface area contributed by atoms with Gasteiger partial charge in [-0.1, -0.05) is 0 Å². The van der Waals surface area contributed by atoms with Crippen LogP contribution in [-0.2, 0) is 15.6 Å². The van der Waals surface area contributed by atoms with Crippen molar-refractivity contribution < 1.29 is 15.6 Å². The minimum atomic E-state index is -4.98. The van der Waals surface area contributed by atoms with Crippen molar-refractivity contribution in [2.24, 2.45) is 11.8 Å². The molecule has 4 aromatic carbocycles. The summed E-state index contributed by atoms with van der Waals surface area (Å²) in [6, 6.07) is 27.7. The van der Waals surface area contributed by atoms with Gasteiger partial charge in [-0.25, -0.2) is 0 Å². The molecule has 2 atom stereocenters. The number of hydrogen-bond donors (Lipinski definition) is 0. The second-order valence-electron chi connectivity index (χ2n) is 17.9. The van der Waals surface area contributed by atoms with Crippen molar-refractivity contribution in [2.75, 3.05) is 0 Å². The monoisotopic (exact) mass is 825 g/mol. The van der Waals surface area contributed by atoms with Crippen LogP contribution >= 0.6 is 17.0 Å². The number of allylic oxidation sites excluding steroid dienone is 2. The predicted octanol–water partition coefficient (Wildman–Crippen LogP) is 15.5. The van der Waals surface area contributed by atoms with Crippen molar-refractivity contribution in [2.45, 2.75) is 114 Å². The maximum atomic E-state index is 8.95. The zero-order valence-corrected chi connectivity index (χ0v) is 38.9. The summed E-state index contributed by atoms with van der Waals surface area (Å²) in [6.07, 6.45) is 7.15. The minimum absolute atomic E-state index is 0.0821. The number of benzene rings is 4. The molecule has 0 aliphatic heterocycles. The van der Waals surface area contributed by atoms with Gasteiger partial charge in [0.25, 0.3) is 0 Å². The fourth-order valence-corrected chi connectivity index (χ4v) is 41.2. The van der Waals surface area contributed by atoms with Gasteiger partial charge in [0.2, 0.25) is 0 Å². The van der Waals surface area contributed by atoms with Crippen molar-refractivity contribution in [3.63, 3.8) is 0 Å². The second-order valence-corrected chi connectivity index (χ2v) is 60.4. The molecule has 0 spiro atoms. The van der Waals surface area contributed by atoms with Gasteiger partial charge in [-0.15, -0.1) is 0 Å². The summed E-state index contributed by atoms with van der Waals surface area (Å²) in [6.45, 7) is 28.2.